The Kier molecular flexibility index (Phi) is 4.82. The zero-order valence-electron chi connectivity index (χ0n) is 10.4. The second-order valence-electron chi connectivity index (χ2n) is 4.19. The summed E-state index contributed by atoms with van der Waals surface area (Å²) in [4.78, 5) is 3.57. The molecule has 3 N–H and O–H groups in total. The Morgan fingerprint density at radius 3 is 2.62 bits per heavy atom. The Labute approximate surface area is 126 Å². The number of nitrogens with two attached hydrogens (primary N) is 1. The predicted molar refractivity (Wildman–Crippen MR) is 72.3 cm³/mol. The molecule has 1 heterocycles. The molecular weight excluding hydrogens is 330 g/mol. The molecule has 114 valence electrons. The molecule has 0 spiro atoms. The summed E-state index contributed by atoms with van der Waals surface area (Å²) in [6.45, 7) is 0. The van der Waals surface area contributed by atoms with Crippen LogP contribution >= 0.6 is 22.9 Å². The molecule has 2 aromatic rings. The lowest BCUT2D eigenvalue weighted by atomic mass is 10.0. The largest absolute Gasteiger partial charge is 0.443 e. The van der Waals surface area contributed by atoms with Crippen LogP contribution < -0.4 is 11.3 Å². The molecule has 0 saturated carbocycles. The number of nitrogens with one attached hydrogen (secondary N) is 1. The molecular formula is C12H10ClF4N3S. The summed E-state index contributed by atoms with van der Waals surface area (Å²) in [6.07, 6.45) is -3.42. The first kappa shape index (κ1) is 16.2. The number of hydrogen-bond donors (Lipinski definition) is 2. The topological polar surface area (TPSA) is 50.9 Å². The van der Waals surface area contributed by atoms with Gasteiger partial charge in [0.1, 0.15) is 5.82 Å². The van der Waals surface area contributed by atoms with E-state index in [1.807, 2.05) is 0 Å². The van der Waals surface area contributed by atoms with E-state index in [-0.39, 0.29) is 21.9 Å². The van der Waals surface area contributed by atoms with Crippen LogP contribution in [0, 0.1) is 5.82 Å². The average Bonchev–Trinajstić information content (AvgIpc) is 2.88. The summed E-state index contributed by atoms with van der Waals surface area (Å²) >= 11 is 6.35. The highest BCUT2D eigenvalue weighted by Gasteiger charge is 2.35. The molecule has 3 nitrogen and oxygen atoms in total. The number of benzene rings is 1. The summed E-state index contributed by atoms with van der Waals surface area (Å²) in [5.74, 6) is 4.81. The molecule has 0 aliphatic rings. The van der Waals surface area contributed by atoms with Gasteiger partial charge in [0.25, 0.3) is 0 Å². The van der Waals surface area contributed by atoms with E-state index < -0.39 is 23.0 Å². The predicted octanol–water partition coefficient (Wildman–Crippen LogP) is 3.70. The number of alkyl halides is 3. The Balaban J connectivity index is 2.26. The molecule has 0 aliphatic carbocycles. The van der Waals surface area contributed by atoms with E-state index >= 15 is 0 Å². The number of thiazole rings is 1. The van der Waals surface area contributed by atoms with E-state index in [2.05, 4.69) is 10.4 Å². The first-order valence-electron chi connectivity index (χ1n) is 5.75. The smallest absolute Gasteiger partial charge is 0.271 e. The lowest BCUT2D eigenvalue weighted by molar-refractivity contribution is -0.137. The average molecular weight is 340 g/mol. The Morgan fingerprint density at radius 2 is 2.10 bits per heavy atom. The van der Waals surface area contributed by atoms with Gasteiger partial charge in [0.2, 0.25) is 0 Å². The maximum absolute atomic E-state index is 13.7. The van der Waals surface area contributed by atoms with Crippen LogP contribution in [0.2, 0.25) is 5.02 Å². The van der Waals surface area contributed by atoms with Gasteiger partial charge in [-0.25, -0.2) is 9.37 Å². The third-order valence-electron chi connectivity index (χ3n) is 2.78. The minimum absolute atomic E-state index is 0.0154. The van der Waals surface area contributed by atoms with Gasteiger partial charge >= 0.3 is 6.18 Å². The van der Waals surface area contributed by atoms with Crippen LogP contribution in [0.25, 0.3) is 0 Å². The standard InChI is InChI=1S/C12H10ClF4N3S/c13-7-2-1-3-8(14)6(7)4-9(20-18)10-5-19-11(21-10)12(15,16)17/h1-3,5,9,20H,4,18H2. The highest BCUT2D eigenvalue weighted by atomic mass is 35.5. The minimum atomic E-state index is -4.52. The van der Waals surface area contributed by atoms with Crippen molar-refractivity contribution in [1.82, 2.24) is 10.4 Å². The molecule has 21 heavy (non-hydrogen) atoms. The number of hydrazine groups is 1. The van der Waals surface area contributed by atoms with Crippen molar-refractivity contribution in [1.29, 1.82) is 0 Å². The normalized spacial score (nSPS) is 13.4. The Morgan fingerprint density at radius 1 is 1.38 bits per heavy atom. The van der Waals surface area contributed by atoms with E-state index in [9.17, 15) is 17.6 Å². The summed E-state index contributed by atoms with van der Waals surface area (Å²) < 4.78 is 51.3. The number of hydrogen-bond acceptors (Lipinski definition) is 4. The van der Waals surface area contributed by atoms with Gasteiger partial charge in [-0.05, 0) is 18.6 Å². The van der Waals surface area contributed by atoms with E-state index in [4.69, 9.17) is 17.4 Å². The van der Waals surface area contributed by atoms with E-state index in [0.29, 0.717) is 11.3 Å². The summed E-state index contributed by atoms with van der Waals surface area (Å²) in [7, 11) is 0. The maximum Gasteiger partial charge on any atom is 0.443 e. The van der Waals surface area contributed by atoms with Crippen molar-refractivity contribution in [3.05, 3.63) is 50.7 Å². The Bertz CT molecular complexity index is 609. The molecule has 2 rings (SSSR count). The third-order valence-corrected chi connectivity index (χ3v) is 4.29. The first-order chi connectivity index (χ1) is 9.82. The number of nitrogens with zero attached hydrogens (tertiary/aromatic N) is 1. The van der Waals surface area contributed by atoms with E-state index in [1.165, 1.54) is 18.2 Å². The van der Waals surface area contributed by atoms with Crippen molar-refractivity contribution in [2.45, 2.75) is 18.6 Å². The molecule has 0 amide bonds. The zero-order valence-corrected chi connectivity index (χ0v) is 12.0. The van der Waals surface area contributed by atoms with Crippen molar-refractivity contribution < 1.29 is 17.6 Å². The minimum Gasteiger partial charge on any atom is -0.271 e. The van der Waals surface area contributed by atoms with Crippen LogP contribution in [-0.2, 0) is 12.6 Å². The molecule has 0 radical (unpaired) electrons. The fourth-order valence-corrected chi connectivity index (χ4v) is 2.84. The van der Waals surface area contributed by atoms with Crippen LogP contribution in [-0.4, -0.2) is 4.98 Å². The number of rotatable bonds is 4. The van der Waals surface area contributed by atoms with Gasteiger partial charge in [0, 0.05) is 21.7 Å². The van der Waals surface area contributed by atoms with Gasteiger partial charge < -0.3 is 0 Å². The first-order valence-corrected chi connectivity index (χ1v) is 6.94. The zero-order chi connectivity index (χ0) is 15.6. The fourth-order valence-electron chi connectivity index (χ4n) is 1.75. The summed E-state index contributed by atoms with van der Waals surface area (Å²) in [5, 5.41) is -0.784. The summed E-state index contributed by atoms with van der Waals surface area (Å²) in [5.41, 5.74) is 2.55. The van der Waals surface area contributed by atoms with Crippen LogP contribution in [0.1, 0.15) is 21.5 Å². The highest BCUT2D eigenvalue weighted by molar-refractivity contribution is 7.11. The fraction of sp³-hybridized carbons (Fsp3) is 0.250. The number of aromatic nitrogens is 1. The van der Waals surface area contributed by atoms with Crippen molar-refractivity contribution in [3.63, 3.8) is 0 Å². The lowest BCUT2D eigenvalue weighted by Crippen LogP contribution is -2.29. The van der Waals surface area contributed by atoms with Gasteiger partial charge in [-0.2, -0.15) is 13.2 Å². The van der Waals surface area contributed by atoms with E-state index in [1.54, 1.807) is 0 Å². The quantitative estimate of drug-likeness (QED) is 0.507. The molecule has 1 aromatic carbocycles. The van der Waals surface area contributed by atoms with Gasteiger partial charge in [-0.3, -0.25) is 11.3 Å². The van der Waals surface area contributed by atoms with Crippen LogP contribution in [0.15, 0.2) is 24.4 Å². The monoisotopic (exact) mass is 339 g/mol. The SMILES string of the molecule is NNC(Cc1c(F)cccc1Cl)c1cnc(C(F)(F)F)s1. The molecule has 1 unspecified atom stereocenters. The summed E-state index contributed by atoms with van der Waals surface area (Å²) in [6, 6.07) is 3.46. The van der Waals surface area contributed by atoms with Crippen LogP contribution in [0.3, 0.4) is 0 Å². The van der Waals surface area contributed by atoms with Crippen LogP contribution in [0.4, 0.5) is 17.6 Å². The molecule has 0 saturated heterocycles. The van der Waals surface area contributed by atoms with Crippen molar-refractivity contribution in [3.8, 4) is 0 Å². The van der Waals surface area contributed by atoms with Crippen molar-refractivity contribution in [2.75, 3.05) is 0 Å². The van der Waals surface area contributed by atoms with Crippen molar-refractivity contribution in [2.24, 2.45) is 5.84 Å². The van der Waals surface area contributed by atoms with Gasteiger partial charge in [0.15, 0.2) is 5.01 Å². The Hall–Kier alpha value is -1.22. The molecule has 0 fully saturated rings. The molecule has 1 atom stereocenters. The van der Waals surface area contributed by atoms with E-state index in [0.717, 1.165) is 6.20 Å². The highest BCUT2D eigenvalue weighted by Crippen LogP contribution is 2.35. The second-order valence-corrected chi connectivity index (χ2v) is 5.66. The molecule has 9 heteroatoms. The van der Waals surface area contributed by atoms with Gasteiger partial charge in [-0.1, -0.05) is 17.7 Å². The maximum atomic E-state index is 13.7. The second kappa shape index (κ2) is 6.27. The van der Waals surface area contributed by atoms with Crippen molar-refractivity contribution >= 4 is 22.9 Å². The molecule has 1 aromatic heterocycles. The van der Waals surface area contributed by atoms with Gasteiger partial charge in [-0.15, -0.1) is 11.3 Å². The molecule has 0 bridgehead atoms. The van der Waals surface area contributed by atoms with Gasteiger partial charge in [0.05, 0.1) is 6.04 Å². The number of halogens is 5. The van der Waals surface area contributed by atoms with Crippen LogP contribution in [0.5, 0.6) is 0 Å². The third kappa shape index (κ3) is 3.70. The lowest BCUT2D eigenvalue weighted by Gasteiger charge is -2.15. The molecule has 0 aliphatic heterocycles.